The van der Waals surface area contributed by atoms with Gasteiger partial charge in [0.15, 0.2) is 11.5 Å². The van der Waals surface area contributed by atoms with Crippen LogP contribution in [0.15, 0.2) is 12.3 Å². The van der Waals surface area contributed by atoms with Crippen molar-refractivity contribution in [1.82, 2.24) is 4.98 Å². The van der Waals surface area contributed by atoms with E-state index in [4.69, 9.17) is 18.9 Å². The zero-order chi connectivity index (χ0) is 15.9. The summed E-state index contributed by atoms with van der Waals surface area (Å²) in [5.74, 6) is 0.319. The van der Waals surface area contributed by atoms with E-state index in [1.165, 1.54) is 14.2 Å². The van der Waals surface area contributed by atoms with Crippen LogP contribution in [-0.4, -0.2) is 37.1 Å². The van der Waals surface area contributed by atoms with E-state index in [2.05, 4.69) is 4.98 Å². The van der Waals surface area contributed by atoms with Crippen LogP contribution in [0, 0.1) is 6.92 Å². The van der Waals surface area contributed by atoms with Crippen LogP contribution in [0.1, 0.15) is 16.1 Å². The predicted octanol–water partition coefficient (Wildman–Crippen LogP) is 2.22. The fraction of sp³-hybridized carbons (Fsp3) is 0.267. The number of aryl methyl sites for hydroxylation is 1. The Labute approximate surface area is 126 Å². The Bertz CT molecular complexity index is 749. The molecule has 0 atom stereocenters. The largest absolute Gasteiger partial charge is 0.504 e. The van der Waals surface area contributed by atoms with Gasteiger partial charge >= 0.3 is 5.97 Å². The SMILES string of the molecule is COC(=O)c1[nH]cc(C)c1-c1cc(OC)c2c(c1O)OCO2. The molecule has 0 bridgehead atoms. The van der Waals surface area contributed by atoms with Crippen LogP contribution >= 0.6 is 0 Å². The first kappa shape index (κ1) is 14.1. The summed E-state index contributed by atoms with van der Waals surface area (Å²) >= 11 is 0. The first-order valence-corrected chi connectivity index (χ1v) is 6.54. The summed E-state index contributed by atoms with van der Waals surface area (Å²) in [4.78, 5) is 14.8. The summed E-state index contributed by atoms with van der Waals surface area (Å²) in [6.07, 6.45) is 1.66. The van der Waals surface area contributed by atoms with Crippen molar-refractivity contribution in [2.45, 2.75) is 6.92 Å². The molecule has 0 amide bonds. The van der Waals surface area contributed by atoms with E-state index in [9.17, 15) is 9.90 Å². The maximum absolute atomic E-state index is 11.9. The molecule has 116 valence electrons. The number of aromatic amines is 1. The van der Waals surface area contributed by atoms with Crippen molar-refractivity contribution < 1.29 is 28.8 Å². The van der Waals surface area contributed by atoms with Gasteiger partial charge in [-0.2, -0.15) is 0 Å². The van der Waals surface area contributed by atoms with E-state index in [1.807, 2.05) is 6.92 Å². The van der Waals surface area contributed by atoms with Gasteiger partial charge in [0.2, 0.25) is 18.3 Å². The number of rotatable bonds is 3. The number of aromatic nitrogens is 1. The molecule has 3 rings (SSSR count). The van der Waals surface area contributed by atoms with E-state index in [-0.39, 0.29) is 24.0 Å². The number of phenolic OH excluding ortho intramolecular Hbond substituents is 1. The van der Waals surface area contributed by atoms with Crippen LogP contribution in [0.5, 0.6) is 23.0 Å². The first-order chi connectivity index (χ1) is 10.6. The number of phenols is 1. The summed E-state index contributed by atoms with van der Waals surface area (Å²) in [6, 6.07) is 1.60. The van der Waals surface area contributed by atoms with E-state index in [0.29, 0.717) is 22.6 Å². The van der Waals surface area contributed by atoms with Crippen LogP contribution in [-0.2, 0) is 4.74 Å². The van der Waals surface area contributed by atoms with Gasteiger partial charge in [0.05, 0.1) is 14.2 Å². The third-order valence-electron chi connectivity index (χ3n) is 3.54. The maximum atomic E-state index is 11.9. The highest BCUT2D eigenvalue weighted by Gasteiger charge is 2.29. The molecule has 1 aromatic heterocycles. The average molecular weight is 305 g/mol. The van der Waals surface area contributed by atoms with E-state index >= 15 is 0 Å². The zero-order valence-corrected chi connectivity index (χ0v) is 12.4. The first-order valence-electron chi connectivity index (χ1n) is 6.54. The number of benzene rings is 1. The van der Waals surface area contributed by atoms with Crippen LogP contribution < -0.4 is 14.2 Å². The molecule has 1 aliphatic rings. The zero-order valence-electron chi connectivity index (χ0n) is 12.4. The lowest BCUT2D eigenvalue weighted by Crippen LogP contribution is -2.03. The van der Waals surface area contributed by atoms with Gasteiger partial charge in [0.25, 0.3) is 0 Å². The highest BCUT2D eigenvalue weighted by atomic mass is 16.7. The van der Waals surface area contributed by atoms with Gasteiger partial charge in [-0.05, 0) is 18.6 Å². The average Bonchev–Trinajstić information content (AvgIpc) is 3.14. The Balaban J connectivity index is 2.26. The number of ether oxygens (including phenoxy) is 4. The smallest absolute Gasteiger partial charge is 0.355 e. The lowest BCUT2D eigenvalue weighted by Gasteiger charge is -2.12. The van der Waals surface area contributed by atoms with Crippen LogP contribution in [0.25, 0.3) is 11.1 Å². The van der Waals surface area contributed by atoms with Gasteiger partial charge in [-0.15, -0.1) is 0 Å². The second-order valence-electron chi connectivity index (χ2n) is 4.75. The minimum atomic E-state index is -0.529. The molecular formula is C15H15NO6. The third kappa shape index (κ3) is 1.93. The maximum Gasteiger partial charge on any atom is 0.355 e. The highest BCUT2D eigenvalue weighted by Crippen LogP contribution is 2.52. The lowest BCUT2D eigenvalue weighted by atomic mass is 9.99. The number of carbonyl (C=O) groups excluding carboxylic acids is 1. The third-order valence-corrected chi connectivity index (χ3v) is 3.54. The minimum absolute atomic E-state index is 0.00131. The van der Waals surface area contributed by atoms with Crippen molar-refractivity contribution in [3.63, 3.8) is 0 Å². The number of fused-ring (bicyclic) bond motifs is 1. The second-order valence-corrected chi connectivity index (χ2v) is 4.75. The Morgan fingerprint density at radius 2 is 2.05 bits per heavy atom. The van der Waals surface area contributed by atoms with Crippen molar-refractivity contribution >= 4 is 5.97 Å². The van der Waals surface area contributed by atoms with Crippen molar-refractivity contribution in [3.05, 3.63) is 23.5 Å². The van der Waals surface area contributed by atoms with Gasteiger partial charge in [-0.3, -0.25) is 0 Å². The quantitative estimate of drug-likeness (QED) is 0.845. The van der Waals surface area contributed by atoms with E-state index in [1.54, 1.807) is 12.3 Å². The molecule has 1 aromatic carbocycles. The van der Waals surface area contributed by atoms with Gasteiger partial charge < -0.3 is 29.0 Å². The van der Waals surface area contributed by atoms with E-state index < -0.39 is 5.97 Å². The summed E-state index contributed by atoms with van der Waals surface area (Å²) < 4.78 is 20.6. The molecule has 2 heterocycles. The van der Waals surface area contributed by atoms with Crippen LogP contribution in [0.2, 0.25) is 0 Å². The van der Waals surface area contributed by atoms with Crippen molar-refractivity contribution in [3.8, 4) is 34.1 Å². The molecular weight excluding hydrogens is 290 g/mol. The molecule has 1 aliphatic heterocycles. The molecule has 7 nitrogen and oxygen atoms in total. The van der Waals surface area contributed by atoms with Gasteiger partial charge in [-0.1, -0.05) is 0 Å². The number of H-pyrrole nitrogens is 1. The molecule has 0 unspecified atom stereocenters. The molecule has 2 N–H and O–H groups in total. The van der Waals surface area contributed by atoms with Gasteiger partial charge in [0.1, 0.15) is 5.69 Å². The van der Waals surface area contributed by atoms with Crippen LogP contribution in [0.3, 0.4) is 0 Å². The standard InChI is InChI=1S/C15H15NO6/c1-7-5-16-11(15(18)20-3)10(7)8-4-9(19-2)13-14(12(8)17)22-6-21-13/h4-5,16-17H,6H2,1-3H3. The number of hydrogen-bond acceptors (Lipinski definition) is 6. The Morgan fingerprint density at radius 3 is 2.73 bits per heavy atom. The molecule has 22 heavy (non-hydrogen) atoms. The lowest BCUT2D eigenvalue weighted by molar-refractivity contribution is 0.0595. The monoisotopic (exact) mass is 305 g/mol. The molecule has 0 saturated carbocycles. The summed E-state index contributed by atoms with van der Waals surface area (Å²) in [5.41, 5.74) is 1.95. The molecule has 0 radical (unpaired) electrons. The van der Waals surface area contributed by atoms with Gasteiger partial charge in [-0.25, -0.2) is 4.79 Å². The van der Waals surface area contributed by atoms with Crippen molar-refractivity contribution in [2.75, 3.05) is 21.0 Å². The Hall–Kier alpha value is -2.83. The topological polar surface area (TPSA) is 90.0 Å². The fourth-order valence-electron chi connectivity index (χ4n) is 2.50. The number of nitrogens with one attached hydrogen (secondary N) is 1. The normalized spacial score (nSPS) is 12.3. The Kier molecular flexibility index (Phi) is 3.32. The number of methoxy groups -OCH3 is 2. The number of hydrogen-bond donors (Lipinski definition) is 2. The van der Waals surface area contributed by atoms with E-state index in [0.717, 1.165) is 5.56 Å². The number of aromatic hydroxyl groups is 1. The molecule has 2 aromatic rings. The van der Waals surface area contributed by atoms with Crippen molar-refractivity contribution in [2.24, 2.45) is 0 Å². The van der Waals surface area contributed by atoms with Crippen molar-refractivity contribution in [1.29, 1.82) is 0 Å². The fourth-order valence-corrected chi connectivity index (χ4v) is 2.50. The summed E-state index contributed by atoms with van der Waals surface area (Å²) in [6.45, 7) is 1.81. The van der Waals surface area contributed by atoms with Gasteiger partial charge in [0, 0.05) is 17.3 Å². The number of carbonyl (C=O) groups is 1. The Morgan fingerprint density at radius 1 is 1.32 bits per heavy atom. The predicted molar refractivity (Wildman–Crippen MR) is 76.6 cm³/mol. The molecule has 0 spiro atoms. The molecule has 0 saturated heterocycles. The molecule has 7 heteroatoms. The molecule has 0 fully saturated rings. The summed E-state index contributed by atoms with van der Waals surface area (Å²) in [5, 5.41) is 10.5. The second kappa shape index (κ2) is 5.18. The summed E-state index contributed by atoms with van der Waals surface area (Å²) in [7, 11) is 2.78. The minimum Gasteiger partial charge on any atom is -0.504 e. The van der Waals surface area contributed by atoms with Crippen LogP contribution in [0.4, 0.5) is 0 Å². The highest BCUT2D eigenvalue weighted by molar-refractivity contribution is 5.98. The molecule has 0 aliphatic carbocycles. The number of esters is 1.